The normalized spacial score (nSPS) is 11.1. The number of anilines is 3. The van der Waals surface area contributed by atoms with Gasteiger partial charge in [0.1, 0.15) is 30.0 Å². The second-order valence-corrected chi connectivity index (χ2v) is 6.72. The number of benzene rings is 2. The minimum Gasteiger partial charge on any atom is -0.457 e. The van der Waals surface area contributed by atoms with E-state index in [4.69, 9.17) is 10.5 Å². The van der Waals surface area contributed by atoms with Gasteiger partial charge < -0.3 is 15.8 Å². The number of pyridine rings is 1. The minimum atomic E-state index is -0.545. The number of aryl methyl sites for hydroxylation is 1. The van der Waals surface area contributed by atoms with Crippen LogP contribution >= 0.6 is 0 Å². The second-order valence-electron chi connectivity index (χ2n) is 6.72. The van der Waals surface area contributed by atoms with Gasteiger partial charge in [-0.25, -0.2) is 23.9 Å². The Kier molecular flexibility index (Phi) is 4.13. The number of nitrogens with two attached hydrogens (primary N) is 1. The number of ether oxygens (including phenoxy) is 1. The van der Waals surface area contributed by atoms with E-state index < -0.39 is 5.82 Å². The van der Waals surface area contributed by atoms with Crippen molar-refractivity contribution in [2.45, 2.75) is 6.92 Å². The molecule has 30 heavy (non-hydrogen) atoms. The molecule has 3 heterocycles. The van der Waals surface area contributed by atoms with Gasteiger partial charge in [0, 0.05) is 18.0 Å². The zero-order valence-corrected chi connectivity index (χ0v) is 15.9. The van der Waals surface area contributed by atoms with Crippen LogP contribution < -0.4 is 15.8 Å². The standard InChI is InChI=1S/C21H16FN7O/c1-12-8-13(28-21-19-16(24-10-26-21)4-3-15(23)20(19)22)2-5-17(12)30-14-6-7-29-18(9-14)25-11-27-29/h2-11H,23H2,1H3,(H,24,26,28). The Bertz CT molecular complexity index is 1400. The Morgan fingerprint density at radius 2 is 1.93 bits per heavy atom. The highest BCUT2D eigenvalue weighted by atomic mass is 19.1. The smallest absolute Gasteiger partial charge is 0.159 e. The molecule has 0 bridgehead atoms. The van der Waals surface area contributed by atoms with Crippen molar-refractivity contribution < 1.29 is 9.13 Å². The summed E-state index contributed by atoms with van der Waals surface area (Å²) in [6, 6.07) is 12.3. The zero-order chi connectivity index (χ0) is 20.7. The summed E-state index contributed by atoms with van der Waals surface area (Å²) in [5.74, 6) is 1.14. The fourth-order valence-corrected chi connectivity index (χ4v) is 3.19. The van der Waals surface area contributed by atoms with Crippen molar-refractivity contribution in [3.8, 4) is 11.5 Å². The predicted octanol–water partition coefficient (Wildman–Crippen LogP) is 4.24. The quantitative estimate of drug-likeness (QED) is 0.434. The van der Waals surface area contributed by atoms with E-state index in [1.54, 1.807) is 22.8 Å². The van der Waals surface area contributed by atoms with Gasteiger partial charge in [-0.05, 0) is 48.9 Å². The Morgan fingerprint density at radius 1 is 1.03 bits per heavy atom. The van der Waals surface area contributed by atoms with E-state index in [1.807, 2.05) is 31.2 Å². The van der Waals surface area contributed by atoms with Gasteiger partial charge in [0.05, 0.1) is 16.6 Å². The lowest BCUT2D eigenvalue weighted by atomic mass is 10.1. The van der Waals surface area contributed by atoms with E-state index >= 15 is 0 Å². The summed E-state index contributed by atoms with van der Waals surface area (Å²) in [5.41, 5.74) is 8.54. The summed E-state index contributed by atoms with van der Waals surface area (Å²) < 4.78 is 22.2. The first-order valence-corrected chi connectivity index (χ1v) is 9.12. The van der Waals surface area contributed by atoms with Crippen LogP contribution in [-0.4, -0.2) is 24.6 Å². The van der Waals surface area contributed by atoms with Gasteiger partial charge >= 0.3 is 0 Å². The highest BCUT2D eigenvalue weighted by Crippen LogP contribution is 2.31. The van der Waals surface area contributed by atoms with Gasteiger partial charge in [0.25, 0.3) is 0 Å². The third-order valence-electron chi connectivity index (χ3n) is 4.69. The van der Waals surface area contributed by atoms with Crippen LogP contribution in [0, 0.1) is 12.7 Å². The maximum Gasteiger partial charge on any atom is 0.159 e. The highest BCUT2D eigenvalue weighted by molar-refractivity contribution is 5.93. The topological polar surface area (TPSA) is 103 Å². The molecule has 5 aromatic rings. The molecule has 0 amide bonds. The van der Waals surface area contributed by atoms with Crippen molar-refractivity contribution in [3.63, 3.8) is 0 Å². The molecule has 9 heteroatoms. The summed E-state index contributed by atoms with van der Waals surface area (Å²) in [5, 5.41) is 7.46. The number of rotatable bonds is 4. The molecular weight excluding hydrogens is 385 g/mol. The van der Waals surface area contributed by atoms with E-state index in [9.17, 15) is 4.39 Å². The molecule has 0 saturated heterocycles. The summed E-state index contributed by atoms with van der Waals surface area (Å²) >= 11 is 0. The summed E-state index contributed by atoms with van der Waals surface area (Å²) in [6.45, 7) is 1.92. The van der Waals surface area contributed by atoms with Crippen LogP contribution in [-0.2, 0) is 0 Å². The zero-order valence-electron chi connectivity index (χ0n) is 15.9. The Labute approximate surface area is 170 Å². The molecule has 5 rings (SSSR count). The van der Waals surface area contributed by atoms with E-state index in [0.717, 1.165) is 11.3 Å². The molecule has 0 atom stereocenters. The van der Waals surface area contributed by atoms with Gasteiger partial charge in [-0.15, -0.1) is 0 Å². The molecule has 0 aliphatic heterocycles. The van der Waals surface area contributed by atoms with Crippen LogP contribution in [0.15, 0.2) is 61.3 Å². The molecule has 0 spiro atoms. The molecule has 0 aliphatic rings. The molecule has 2 aromatic carbocycles. The van der Waals surface area contributed by atoms with Crippen LogP contribution in [0.3, 0.4) is 0 Å². The van der Waals surface area contributed by atoms with Gasteiger partial charge in [-0.1, -0.05) is 0 Å². The number of halogens is 1. The fourth-order valence-electron chi connectivity index (χ4n) is 3.19. The minimum absolute atomic E-state index is 0.0462. The molecule has 3 aromatic heterocycles. The monoisotopic (exact) mass is 401 g/mol. The lowest BCUT2D eigenvalue weighted by Crippen LogP contribution is -2.00. The summed E-state index contributed by atoms with van der Waals surface area (Å²) in [4.78, 5) is 12.4. The Hall–Kier alpha value is -4.27. The maximum absolute atomic E-state index is 14.6. The third kappa shape index (κ3) is 3.12. The molecule has 3 N–H and O–H groups in total. The van der Waals surface area contributed by atoms with Gasteiger partial charge in [0.2, 0.25) is 0 Å². The van der Waals surface area contributed by atoms with Crippen molar-refractivity contribution >= 4 is 33.7 Å². The first kappa shape index (κ1) is 17.8. The Balaban J connectivity index is 1.44. The van der Waals surface area contributed by atoms with Crippen LogP contribution in [0.4, 0.5) is 21.6 Å². The Morgan fingerprint density at radius 3 is 2.80 bits per heavy atom. The van der Waals surface area contributed by atoms with E-state index in [0.29, 0.717) is 28.5 Å². The highest BCUT2D eigenvalue weighted by Gasteiger charge is 2.13. The van der Waals surface area contributed by atoms with E-state index in [-0.39, 0.29) is 11.1 Å². The first-order valence-electron chi connectivity index (χ1n) is 9.12. The molecule has 8 nitrogen and oxygen atoms in total. The first-order chi connectivity index (χ1) is 14.6. The molecule has 0 aliphatic carbocycles. The average Bonchev–Trinajstić information content (AvgIpc) is 3.21. The van der Waals surface area contributed by atoms with Crippen molar-refractivity contribution in [1.82, 2.24) is 24.6 Å². The van der Waals surface area contributed by atoms with Crippen molar-refractivity contribution in [2.75, 3.05) is 11.1 Å². The fraction of sp³-hybridized carbons (Fsp3) is 0.0476. The maximum atomic E-state index is 14.6. The van der Waals surface area contributed by atoms with Gasteiger partial charge in [-0.2, -0.15) is 5.10 Å². The molecule has 0 saturated carbocycles. The van der Waals surface area contributed by atoms with Crippen LogP contribution in [0.5, 0.6) is 11.5 Å². The lowest BCUT2D eigenvalue weighted by molar-refractivity contribution is 0.478. The van der Waals surface area contributed by atoms with Crippen molar-refractivity contribution in [2.24, 2.45) is 0 Å². The number of nitrogens with one attached hydrogen (secondary N) is 1. The SMILES string of the molecule is Cc1cc(Nc2ncnc3ccc(N)c(F)c23)ccc1Oc1ccn2ncnc2c1. The summed E-state index contributed by atoms with van der Waals surface area (Å²) in [7, 11) is 0. The number of aromatic nitrogens is 5. The van der Waals surface area contributed by atoms with E-state index in [2.05, 4.69) is 25.4 Å². The molecule has 0 radical (unpaired) electrons. The lowest BCUT2D eigenvalue weighted by Gasteiger charge is -2.13. The van der Waals surface area contributed by atoms with Crippen LogP contribution in [0.1, 0.15) is 5.56 Å². The number of nitrogens with zero attached hydrogens (tertiary/aromatic N) is 5. The molecule has 0 unspecified atom stereocenters. The largest absolute Gasteiger partial charge is 0.457 e. The third-order valence-corrected chi connectivity index (χ3v) is 4.69. The molecule has 0 fully saturated rings. The number of hydrogen-bond donors (Lipinski definition) is 2. The van der Waals surface area contributed by atoms with E-state index in [1.165, 1.54) is 18.7 Å². The molecule has 148 valence electrons. The van der Waals surface area contributed by atoms with Crippen LogP contribution in [0.2, 0.25) is 0 Å². The van der Waals surface area contributed by atoms with Crippen molar-refractivity contribution in [3.05, 3.63) is 72.7 Å². The number of fused-ring (bicyclic) bond motifs is 2. The summed E-state index contributed by atoms with van der Waals surface area (Å²) in [6.07, 6.45) is 4.65. The molecular formula is C21H16FN7O. The van der Waals surface area contributed by atoms with Crippen LogP contribution in [0.25, 0.3) is 16.6 Å². The van der Waals surface area contributed by atoms with Gasteiger partial charge in [0.15, 0.2) is 11.5 Å². The predicted molar refractivity (Wildman–Crippen MR) is 111 cm³/mol. The second kappa shape index (κ2) is 6.96. The van der Waals surface area contributed by atoms with Gasteiger partial charge in [-0.3, -0.25) is 0 Å². The average molecular weight is 401 g/mol. The number of hydrogen-bond acceptors (Lipinski definition) is 7. The number of nitrogen functional groups attached to an aromatic ring is 1. The van der Waals surface area contributed by atoms with Crippen molar-refractivity contribution in [1.29, 1.82) is 0 Å².